The van der Waals surface area contributed by atoms with Crippen LogP contribution in [0.3, 0.4) is 0 Å². The van der Waals surface area contributed by atoms with Crippen LogP contribution in [0.25, 0.3) is 0 Å². The molecule has 1 heterocycles. The number of hydrogen-bond acceptors (Lipinski definition) is 1. The smallest absolute Gasteiger partial charge is 0.0720 e. The zero-order valence-electron chi connectivity index (χ0n) is 7.68. The van der Waals surface area contributed by atoms with Crippen LogP contribution in [-0.4, -0.2) is 0 Å². The number of alkyl halides is 1. The molecule has 0 radical (unpaired) electrons. The van der Waals surface area contributed by atoms with Crippen LogP contribution >= 0.6 is 38.9 Å². The minimum atomic E-state index is 0.225. The summed E-state index contributed by atoms with van der Waals surface area (Å²) in [5.74, 6) is 1.52. The molecular weight excluding hydrogens is 268 g/mol. The van der Waals surface area contributed by atoms with Crippen molar-refractivity contribution in [2.45, 2.75) is 25.6 Å². The highest BCUT2D eigenvalue weighted by molar-refractivity contribution is 9.10. The maximum atomic E-state index is 6.40. The zero-order valence-corrected chi connectivity index (χ0v) is 10.8. The fourth-order valence-corrected chi connectivity index (χ4v) is 4.33. The van der Waals surface area contributed by atoms with Gasteiger partial charge < -0.3 is 0 Å². The fraction of sp³-hybridized carbons (Fsp3) is 0.600. The second-order valence-electron chi connectivity index (χ2n) is 3.85. The van der Waals surface area contributed by atoms with Crippen LogP contribution in [-0.2, 0) is 0 Å². The molecule has 0 aliphatic heterocycles. The lowest BCUT2D eigenvalue weighted by atomic mass is 10.2. The monoisotopic (exact) mass is 278 g/mol. The zero-order chi connectivity index (χ0) is 9.59. The summed E-state index contributed by atoms with van der Waals surface area (Å²) < 4.78 is 1.19. The van der Waals surface area contributed by atoms with Crippen LogP contribution in [0.4, 0.5) is 0 Å². The third kappa shape index (κ3) is 1.95. The van der Waals surface area contributed by atoms with Crippen LogP contribution in [0.5, 0.6) is 0 Å². The molecule has 1 fully saturated rings. The van der Waals surface area contributed by atoms with Crippen molar-refractivity contribution in [2.75, 3.05) is 0 Å². The van der Waals surface area contributed by atoms with Crippen molar-refractivity contribution in [1.29, 1.82) is 0 Å². The maximum Gasteiger partial charge on any atom is 0.0720 e. The van der Waals surface area contributed by atoms with E-state index in [0.717, 1.165) is 5.92 Å². The molecule has 3 unspecified atom stereocenters. The van der Waals surface area contributed by atoms with Crippen molar-refractivity contribution in [3.63, 3.8) is 0 Å². The van der Waals surface area contributed by atoms with Gasteiger partial charge in [0, 0.05) is 14.2 Å². The van der Waals surface area contributed by atoms with E-state index in [9.17, 15) is 0 Å². The number of rotatable bonds is 2. The first-order valence-corrected chi connectivity index (χ1v) is 6.54. The number of hydrogen-bond donors (Lipinski definition) is 0. The van der Waals surface area contributed by atoms with Gasteiger partial charge in [0.05, 0.1) is 5.38 Å². The van der Waals surface area contributed by atoms with Crippen molar-refractivity contribution in [1.82, 2.24) is 0 Å². The predicted molar refractivity (Wildman–Crippen MR) is 62.6 cm³/mol. The van der Waals surface area contributed by atoms with Crippen LogP contribution < -0.4 is 0 Å². The van der Waals surface area contributed by atoms with Gasteiger partial charge in [-0.05, 0) is 47.2 Å². The minimum Gasteiger partial charge on any atom is -0.143 e. The first-order valence-electron chi connectivity index (χ1n) is 4.49. The topological polar surface area (TPSA) is 0 Å². The number of halogens is 2. The van der Waals surface area contributed by atoms with Crippen molar-refractivity contribution in [3.8, 4) is 0 Å². The van der Waals surface area contributed by atoms with Gasteiger partial charge in [0.15, 0.2) is 0 Å². The molecule has 72 valence electrons. The molecule has 0 saturated heterocycles. The lowest BCUT2D eigenvalue weighted by molar-refractivity contribution is 0.729. The molecule has 3 atom stereocenters. The largest absolute Gasteiger partial charge is 0.143 e. The summed E-state index contributed by atoms with van der Waals surface area (Å²) >= 11 is 11.8. The van der Waals surface area contributed by atoms with Gasteiger partial charge in [-0.3, -0.25) is 0 Å². The summed E-state index contributed by atoms with van der Waals surface area (Å²) in [6, 6.07) is 2.16. The Kier molecular flexibility index (Phi) is 2.74. The van der Waals surface area contributed by atoms with E-state index >= 15 is 0 Å². The Hall–Kier alpha value is 0.470. The van der Waals surface area contributed by atoms with Crippen molar-refractivity contribution in [3.05, 3.63) is 20.3 Å². The molecule has 0 aromatic carbocycles. The normalized spacial score (nSPS) is 28.9. The van der Waals surface area contributed by atoms with E-state index in [-0.39, 0.29) is 5.38 Å². The molecule has 1 aliphatic carbocycles. The molecule has 0 amide bonds. The molecule has 0 nitrogen and oxygen atoms in total. The molecule has 0 bridgehead atoms. The third-order valence-electron chi connectivity index (χ3n) is 2.63. The van der Waals surface area contributed by atoms with E-state index in [2.05, 4.69) is 35.8 Å². The van der Waals surface area contributed by atoms with Gasteiger partial charge in [0.25, 0.3) is 0 Å². The maximum absolute atomic E-state index is 6.40. The van der Waals surface area contributed by atoms with Gasteiger partial charge in [-0.1, -0.05) is 6.92 Å². The van der Waals surface area contributed by atoms with E-state index in [4.69, 9.17) is 11.6 Å². The van der Waals surface area contributed by atoms with E-state index in [1.54, 1.807) is 0 Å². The molecule has 13 heavy (non-hydrogen) atoms. The summed E-state index contributed by atoms with van der Waals surface area (Å²) in [5.41, 5.74) is 0. The van der Waals surface area contributed by atoms with Crippen LogP contribution in [0, 0.1) is 18.8 Å². The average molecular weight is 280 g/mol. The van der Waals surface area contributed by atoms with Gasteiger partial charge in [-0.25, -0.2) is 0 Å². The third-order valence-corrected chi connectivity index (χ3v) is 5.36. The standard InChI is InChI=1S/C10H12BrClS/c1-5-3-7(5)9(12)10-8(11)4-6(2)13-10/h4-5,7,9H,3H2,1-2H3. The summed E-state index contributed by atoms with van der Waals surface area (Å²) in [5, 5.41) is 0.225. The van der Waals surface area contributed by atoms with E-state index < -0.39 is 0 Å². The highest BCUT2D eigenvalue weighted by atomic mass is 79.9. The molecule has 1 aliphatic rings. The van der Waals surface area contributed by atoms with Gasteiger partial charge in [-0.15, -0.1) is 22.9 Å². The molecule has 1 aromatic rings. The number of thiophene rings is 1. The van der Waals surface area contributed by atoms with E-state index in [0.29, 0.717) is 5.92 Å². The first-order chi connectivity index (χ1) is 6.09. The first kappa shape index (κ1) is 10.0. The second kappa shape index (κ2) is 3.56. The summed E-state index contributed by atoms with van der Waals surface area (Å²) in [7, 11) is 0. The van der Waals surface area contributed by atoms with Crippen molar-refractivity contribution >= 4 is 38.9 Å². The molecule has 1 saturated carbocycles. The Labute approximate surface area is 96.4 Å². The fourth-order valence-electron chi connectivity index (χ4n) is 1.64. The highest BCUT2D eigenvalue weighted by Gasteiger charge is 2.40. The molecule has 0 spiro atoms. The Morgan fingerprint density at radius 1 is 1.69 bits per heavy atom. The van der Waals surface area contributed by atoms with Gasteiger partial charge in [-0.2, -0.15) is 0 Å². The Morgan fingerprint density at radius 3 is 2.69 bits per heavy atom. The average Bonchev–Trinajstić information content (AvgIpc) is 2.67. The molecule has 0 N–H and O–H groups in total. The summed E-state index contributed by atoms with van der Waals surface area (Å²) in [4.78, 5) is 2.65. The highest BCUT2D eigenvalue weighted by Crippen LogP contribution is 2.53. The van der Waals surface area contributed by atoms with Crippen LogP contribution in [0.2, 0.25) is 0 Å². The lowest BCUT2D eigenvalue weighted by Crippen LogP contribution is -1.91. The minimum absolute atomic E-state index is 0.225. The Balaban J connectivity index is 2.19. The lowest BCUT2D eigenvalue weighted by Gasteiger charge is -2.05. The van der Waals surface area contributed by atoms with Crippen molar-refractivity contribution < 1.29 is 0 Å². The van der Waals surface area contributed by atoms with Crippen LogP contribution in [0.15, 0.2) is 10.5 Å². The van der Waals surface area contributed by atoms with E-state index in [1.807, 2.05) is 11.3 Å². The SMILES string of the molecule is Cc1cc(Br)c(C(Cl)C2CC2C)s1. The molecule has 1 aromatic heterocycles. The van der Waals surface area contributed by atoms with Gasteiger partial charge in [0.1, 0.15) is 0 Å². The van der Waals surface area contributed by atoms with Gasteiger partial charge in [0.2, 0.25) is 0 Å². The quantitative estimate of drug-likeness (QED) is 0.685. The molecule has 3 heteroatoms. The van der Waals surface area contributed by atoms with E-state index in [1.165, 1.54) is 20.6 Å². The summed E-state index contributed by atoms with van der Waals surface area (Å²) in [6.45, 7) is 4.40. The number of aryl methyl sites for hydroxylation is 1. The second-order valence-corrected chi connectivity index (χ2v) is 6.46. The van der Waals surface area contributed by atoms with Crippen molar-refractivity contribution in [2.24, 2.45) is 11.8 Å². The molecular formula is C10H12BrClS. The predicted octanol–water partition coefficient (Wildman–Crippen LogP) is 4.75. The van der Waals surface area contributed by atoms with Gasteiger partial charge >= 0.3 is 0 Å². The molecule has 2 rings (SSSR count). The van der Waals surface area contributed by atoms with Crippen LogP contribution in [0.1, 0.15) is 28.5 Å². The Bertz CT molecular complexity index is 321. The Morgan fingerprint density at radius 2 is 2.31 bits per heavy atom. The summed E-state index contributed by atoms with van der Waals surface area (Å²) in [6.07, 6.45) is 1.29.